The molecule has 0 fully saturated rings. The summed E-state index contributed by atoms with van der Waals surface area (Å²) in [6.45, 7) is 3.92. The van der Waals surface area contributed by atoms with Crippen molar-refractivity contribution in [1.29, 1.82) is 0 Å². The normalized spacial score (nSPS) is 12.3. The summed E-state index contributed by atoms with van der Waals surface area (Å²) < 4.78 is 0. The van der Waals surface area contributed by atoms with Gasteiger partial charge < -0.3 is 5.32 Å². The topological polar surface area (TPSA) is 72.2 Å². The lowest BCUT2D eigenvalue weighted by Gasteiger charge is -2.08. The quantitative estimate of drug-likeness (QED) is 0.494. The molecule has 1 amide bonds. The molecule has 0 unspecified atom stereocenters. The van der Waals surface area contributed by atoms with Gasteiger partial charge in [0.15, 0.2) is 0 Å². The smallest absolute Gasteiger partial charge is 0.269 e. The van der Waals surface area contributed by atoms with E-state index in [2.05, 4.69) is 5.32 Å². The number of non-ortho nitro benzene ring substituents is 1. The zero-order chi connectivity index (χ0) is 13.5. The second-order valence-electron chi connectivity index (χ2n) is 4.00. The van der Waals surface area contributed by atoms with Gasteiger partial charge in [0.25, 0.3) is 5.69 Å². The first kappa shape index (κ1) is 13.9. The van der Waals surface area contributed by atoms with Crippen LogP contribution in [0.25, 0.3) is 6.08 Å². The SMILES string of the molecule is CC[C@H](C)NC(=O)/C=C/c1ccc([N+](=O)[O-])cc1. The number of benzene rings is 1. The van der Waals surface area contributed by atoms with Crippen LogP contribution < -0.4 is 5.32 Å². The summed E-state index contributed by atoms with van der Waals surface area (Å²) >= 11 is 0. The zero-order valence-electron chi connectivity index (χ0n) is 10.4. The third-order valence-corrected chi connectivity index (χ3v) is 2.53. The van der Waals surface area contributed by atoms with Gasteiger partial charge in [-0.1, -0.05) is 6.92 Å². The predicted octanol–water partition coefficient (Wildman–Crippen LogP) is 2.52. The van der Waals surface area contributed by atoms with Crippen LogP contribution in [0, 0.1) is 10.1 Å². The number of nitro groups is 1. The fourth-order valence-electron chi connectivity index (χ4n) is 1.27. The molecule has 5 nitrogen and oxygen atoms in total. The van der Waals surface area contributed by atoms with E-state index in [0.29, 0.717) is 0 Å². The first-order valence-electron chi connectivity index (χ1n) is 5.76. The highest BCUT2D eigenvalue weighted by molar-refractivity contribution is 5.91. The molecule has 0 aromatic heterocycles. The number of nitrogens with zero attached hydrogens (tertiary/aromatic N) is 1. The highest BCUT2D eigenvalue weighted by Crippen LogP contribution is 2.12. The molecule has 0 bridgehead atoms. The van der Waals surface area contributed by atoms with Crippen LogP contribution in [0.1, 0.15) is 25.8 Å². The van der Waals surface area contributed by atoms with Crippen molar-refractivity contribution in [3.63, 3.8) is 0 Å². The van der Waals surface area contributed by atoms with E-state index >= 15 is 0 Å². The molecule has 0 saturated carbocycles. The van der Waals surface area contributed by atoms with Crippen molar-refractivity contribution in [2.75, 3.05) is 0 Å². The van der Waals surface area contributed by atoms with Crippen molar-refractivity contribution in [3.8, 4) is 0 Å². The van der Waals surface area contributed by atoms with E-state index in [0.717, 1.165) is 12.0 Å². The summed E-state index contributed by atoms with van der Waals surface area (Å²) in [6, 6.07) is 6.16. The molecule has 1 rings (SSSR count). The average Bonchev–Trinajstić information content (AvgIpc) is 2.36. The Morgan fingerprint density at radius 1 is 1.44 bits per heavy atom. The molecule has 1 aromatic rings. The molecule has 96 valence electrons. The van der Waals surface area contributed by atoms with Gasteiger partial charge in [-0.3, -0.25) is 14.9 Å². The van der Waals surface area contributed by atoms with Gasteiger partial charge in [-0.2, -0.15) is 0 Å². The Kier molecular flexibility index (Phi) is 5.05. The van der Waals surface area contributed by atoms with E-state index in [9.17, 15) is 14.9 Å². The highest BCUT2D eigenvalue weighted by Gasteiger charge is 2.03. The van der Waals surface area contributed by atoms with Crippen LogP contribution in [-0.4, -0.2) is 16.9 Å². The molecule has 0 saturated heterocycles. The molecule has 1 N–H and O–H groups in total. The Labute approximate surface area is 106 Å². The van der Waals surface area contributed by atoms with Gasteiger partial charge in [-0.25, -0.2) is 0 Å². The van der Waals surface area contributed by atoms with Gasteiger partial charge in [0.05, 0.1) is 4.92 Å². The minimum Gasteiger partial charge on any atom is -0.350 e. The number of nitrogens with one attached hydrogen (secondary N) is 1. The third-order valence-electron chi connectivity index (χ3n) is 2.53. The van der Waals surface area contributed by atoms with E-state index in [4.69, 9.17) is 0 Å². The van der Waals surface area contributed by atoms with Crippen LogP contribution in [0.15, 0.2) is 30.3 Å². The number of hydrogen-bond acceptors (Lipinski definition) is 3. The number of carbonyl (C=O) groups excluding carboxylic acids is 1. The molecule has 0 spiro atoms. The van der Waals surface area contributed by atoms with E-state index < -0.39 is 4.92 Å². The Balaban J connectivity index is 2.61. The molecular weight excluding hydrogens is 232 g/mol. The average molecular weight is 248 g/mol. The van der Waals surface area contributed by atoms with Crippen molar-refractivity contribution in [3.05, 3.63) is 46.0 Å². The fourth-order valence-corrected chi connectivity index (χ4v) is 1.27. The van der Waals surface area contributed by atoms with E-state index in [1.807, 2.05) is 13.8 Å². The number of rotatable bonds is 5. The lowest BCUT2D eigenvalue weighted by molar-refractivity contribution is -0.384. The molecule has 0 heterocycles. The molecular formula is C13H16N2O3. The van der Waals surface area contributed by atoms with Crippen molar-refractivity contribution in [1.82, 2.24) is 5.32 Å². The van der Waals surface area contributed by atoms with Gasteiger partial charge in [-0.05, 0) is 37.1 Å². The standard InChI is InChI=1S/C13H16N2O3/c1-3-10(2)14-13(16)9-6-11-4-7-12(8-5-11)15(17)18/h4-10H,3H2,1-2H3,(H,14,16)/b9-6+/t10-/m0/s1. The maximum Gasteiger partial charge on any atom is 0.269 e. The Hall–Kier alpha value is -2.17. The van der Waals surface area contributed by atoms with Crippen LogP contribution in [-0.2, 0) is 4.79 Å². The number of amides is 1. The zero-order valence-corrected chi connectivity index (χ0v) is 10.4. The summed E-state index contributed by atoms with van der Waals surface area (Å²) in [5.41, 5.74) is 0.788. The lowest BCUT2D eigenvalue weighted by atomic mass is 10.2. The second-order valence-corrected chi connectivity index (χ2v) is 4.00. The van der Waals surface area contributed by atoms with E-state index in [1.54, 1.807) is 18.2 Å². The Morgan fingerprint density at radius 2 is 2.06 bits per heavy atom. The van der Waals surface area contributed by atoms with Crippen molar-refractivity contribution >= 4 is 17.7 Å². The molecule has 1 atom stereocenters. The Morgan fingerprint density at radius 3 is 2.56 bits per heavy atom. The van der Waals surface area contributed by atoms with Gasteiger partial charge in [0.2, 0.25) is 5.91 Å². The summed E-state index contributed by atoms with van der Waals surface area (Å²) in [5, 5.41) is 13.3. The Bertz CT molecular complexity index is 452. The van der Waals surface area contributed by atoms with Crippen molar-refractivity contribution in [2.24, 2.45) is 0 Å². The minimum atomic E-state index is -0.455. The fraction of sp³-hybridized carbons (Fsp3) is 0.308. The minimum absolute atomic E-state index is 0.0382. The molecule has 1 aromatic carbocycles. The van der Waals surface area contributed by atoms with Gasteiger partial charge in [0.1, 0.15) is 0 Å². The van der Waals surface area contributed by atoms with E-state index in [1.165, 1.54) is 18.2 Å². The third kappa shape index (κ3) is 4.37. The first-order valence-corrected chi connectivity index (χ1v) is 5.76. The largest absolute Gasteiger partial charge is 0.350 e. The van der Waals surface area contributed by atoms with Gasteiger partial charge in [-0.15, -0.1) is 0 Å². The van der Waals surface area contributed by atoms with Gasteiger partial charge in [0, 0.05) is 24.3 Å². The number of carbonyl (C=O) groups is 1. The van der Waals surface area contributed by atoms with Crippen LogP contribution in [0.3, 0.4) is 0 Å². The molecule has 0 radical (unpaired) electrons. The first-order chi connectivity index (χ1) is 8.52. The van der Waals surface area contributed by atoms with Gasteiger partial charge >= 0.3 is 0 Å². The monoisotopic (exact) mass is 248 g/mol. The van der Waals surface area contributed by atoms with Crippen LogP contribution in [0.5, 0.6) is 0 Å². The molecule has 18 heavy (non-hydrogen) atoms. The van der Waals surface area contributed by atoms with Crippen LogP contribution in [0.4, 0.5) is 5.69 Å². The maximum absolute atomic E-state index is 11.5. The van der Waals surface area contributed by atoms with Crippen LogP contribution >= 0.6 is 0 Å². The molecule has 0 aliphatic heterocycles. The number of hydrogen-bond donors (Lipinski definition) is 1. The summed E-state index contributed by atoms with van der Waals surface area (Å²) in [4.78, 5) is 21.5. The maximum atomic E-state index is 11.5. The molecule has 0 aliphatic rings. The summed E-state index contributed by atoms with van der Waals surface area (Å²) in [5.74, 6) is -0.164. The van der Waals surface area contributed by atoms with E-state index in [-0.39, 0.29) is 17.6 Å². The van der Waals surface area contributed by atoms with Crippen LogP contribution in [0.2, 0.25) is 0 Å². The molecule has 5 heteroatoms. The predicted molar refractivity (Wildman–Crippen MR) is 70.0 cm³/mol. The number of nitro benzene ring substituents is 1. The summed E-state index contributed by atoms with van der Waals surface area (Å²) in [6.07, 6.45) is 3.92. The van der Waals surface area contributed by atoms with Crippen molar-refractivity contribution in [2.45, 2.75) is 26.3 Å². The second kappa shape index (κ2) is 6.54. The lowest BCUT2D eigenvalue weighted by Crippen LogP contribution is -2.30. The summed E-state index contributed by atoms with van der Waals surface area (Å²) in [7, 11) is 0. The van der Waals surface area contributed by atoms with Crippen molar-refractivity contribution < 1.29 is 9.72 Å². The molecule has 0 aliphatic carbocycles. The highest BCUT2D eigenvalue weighted by atomic mass is 16.6.